The molecule has 1 aliphatic heterocycles. The molecule has 1 N–H and O–H groups in total. The van der Waals surface area contributed by atoms with Crippen LogP contribution in [0.4, 0.5) is 11.4 Å². The molecule has 0 aromatic heterocycles. The SMILES string of the molecule is CCS(=O)(=O)Nc1ccc(C2=NN(S(=O)(=O)CC)[C@@H](c3cccc([N+](=O)[O-])c3)C2)cc1. The highest BCUT2D eigenvalue weighted by Gasteiger charge is 2.36. The van der Waals surface area contributed by atoms with Crippen molar-refractivity contribution in [2.45, 2.75) is 26.3 Å². The average molecular weight is 467 g/mol. The van der Waals surface area contributed by atoms with Gasteiger partial charge in [0.05, 0.1) is 28.2 Å². The summed E-state index contributed by atoms with van der Waals surface area (Å²) >= 11 is 0. The number of hydrazone groups is 1. The van der Waals surface area contributed by atoms with E-state index in [0.717, 1.165) is 4.41 Å². The zero-order chi connectivity index (χ0) is 22.8. The maximum absolute atomic E-state index is 12.6. The van der Waals surface area contributed by atoms with Gasteiger partial charge in [-0.15, -0.1) is 0 Å². The lowest BCUT2D eigenvalue weighted by molar-refractivity contribution is -0.384. The first kappa shape index (κ1) is 22.7. The van der Waals surface area contributed by atoms with Crippen LogP contribution in [-0.4, -0.2) is 43.4 Å². The minimum absolute atomic E-state index is 0.0593. The molecular formula is C19H22N4O6S2. The van der Waals surface area contributed by atoms with Gasteiger partial charge in [-0.05, 0) is 37.1 Å². The minimum Gasteiger partial charge on any atom is -0.284 e. The van der Waals surface area contributed by atoms with E-state index in [9.17, 15) is 26.9 Å². The van der Waals surface area contributed by atoms with Gasteiger partial charge in [-0.3, -0.25) is 14.8 Å². The third-order valence-corrected chi connectivity index (χ3v) is 7.80. The number of nitrogens with one attached hydrogen (secondary N) is 1. The van der Waals surface area contributed by atoms with Crippen LogP contribution in [0.2, 0.25) is 0 Å². The number of rotatable bonds is 8. The highest BCUT2D eigenvalue weighted by Crippen LogP contribution is 2.36. The summed E-state index contributed by atoms with van der Waals surface area (Å²) in [5.41, 5.74) is 1.84. The maximum Gasteiger partial charge on any atom is 0.269 e. The van der Waals surface area contributed by atoms with E-state index in [4.69, 9.17) is 0 Å². The molecule has 2 aromatic rings. The second-order valence-electron chi connectivity index (χ2n) is 6.87. The predicted octanol–water partition coefficient (Wildman–Crippen LogP) is 2.86. The molecule has 0 bridgehead atoms. The largest absolute Gasteiger partial charge is 0.284 e. The van der Waals surface area contributed by atoms with Gasteiger partial charge in [-0.1, -0.05) is 24.3 Å². The Morgan fingerprint density at radius 1 is 1.10 bits per heavy atom. The van der Waals surface area contributed by atoms with Crippen LogP contribution in [0.3, 0.4) is 0 Å². The van der Waals surface area contributed by atoms with Crippen LogP contribution < -0.4 is 4.72 Å². The van der Waals surface area contributed by atoms with Crippen LogP contribution in [0.5, 0.6) is 0 Å². The molecule has 0 fully saturated rings. The second-order valence-corrected chi connectivity index (χ2v) is 11.0. The Hall–Kier alpha value is -2.99. The lowest BCUT2D eigenvalue weighted by Gasteiger charge is -2.22. The molecular weight excluding hydrogens is 444 g/mol. The van der Waals surface area contributed by atoms with Crippen molar-refractivity contribution in [2.75, 3.05) is 16.2 Å². The zero-order valence-corrected chi connectivity index (χ0v) is 18.6. The average Bonchev–Trinajstić information content (AvgIpc) is 3.20. The van der Waals surface area contributed by atoms with Crippen LogP contribution in [0.15, 0.2) is 53.6 Å². The van der Waals surface area contributed by atoms with Crippen molar-refractivity contribution in [3.8, 4) is 0 Å². The Balaban J connectivity index is 1.95. The number of sulfonamides is 2. The van der Waals surface area contributed by atoms with Crippen molar-refractivity contribution in [2.24, 2.45) is 5.10 Å². The van der Waals surface area contributed by atoms with Crippen molar-refractivity contribution >= 4 is 37.1 Å². The Bertz CT molecular complexity index is 1220. The van der Waals surface area contributed by atoms with E-state index in [2.05, 4.69) is 9.82 Å². The lowest BCUT2D eigenvalue weighted by atomic mass is 9.99. The molecule has 0 radical (unpaired) electrons. The molecule has 1 atom stereocenters. The smallest absolute Gasteiger partial charge is 0.269 e. The molecule has 0 unspecified atom stereocenters. The Morgan fingerprint density at radius 3 is 2.35 bits per heavy atom. The summed E-state index contributed by atoms with van der Waals surface area (Å²) in [4.78, 5) is 10.6. The van der Waals surface area contributed by atoms with E-state index in [1.807, 2.05) is 0 Å². The number of benzene rings is 2. The molecule has 0 saturated heterocycles. The molecule has 12 heteroatoms. The molecule has 3 rings (SSSR count). The Labute approximate surface area is 180 Å². The normalized spacial score (nSPS) is 16.8. The van der Waals surface area contributed by atoms with Gasteiger partial charge in [-0.25, -0.2) is 16.8 Å². The van der Waals surface area contributed by atoms with Crippen LogP contribution in [-0.2, 0) is 20.0 Å². The van der Waals surface area contributed by atoms with Crippen LogP contribution in [0.1, 0.15) is 37.4 Å². The highest BCUT2D eigenvalue weighted by atomic mass is 32.2. The number of hydrogen-bond donors (Lipinski definition) is 1. The topological polar surface area (TPSA) is 139 Å². The van der Waals surface area contributed by atoms with Crippen LogP contribution in [0, 0.1) is 10.1 Å². The second kappa shape index (κ2) is 8.63. The van der Waals surface area contributed by atoms with Crippen molar-refractivity contribution < 1.29 is 21.8 Å². The van der Waals surface area contributed by atoms with Gasteiger partial charge in [0.1, 0.15) is 0 Å². The molecule has 166 valence electrons. The fraction of sp³-hybridized carbons (Fsp3) is 0.316. The quantitative estimate of drug-likeness (QED) is 0.469. The molecule has 2 aromatic carbocycles. The Kier molecular flexibility index (Phi) is 6.32. The standard InChI is InChI=1S/C19H22N4O6S2/c1-3-30(26,27)21-16-10-8-14(9-11-16)18-13-19(22(20-18)31(28,29)4-2)15-6-5-7-17(12-15)23(24)25/h5-12,19,21H,3-4,13H2,1-2H3/t19-/m1/s1. The predicted molar refractivity (Wildman–Crippen MR) is 118 cm³/mol. The number of anilines is 1. The molecule has 31 heavy (non-hydrogen) atoms. The van der Waals surface area contributed by atoms with Gasteiger partial charge < -0.3 is 0 Å². The van der Waals surface area contributed by atoms with Crippen LogP contribution in [0.25, 0.3) is 0 Å². The van der Waals surface area contributed by atoms with E-state index in [1.165, 1.54) is 32.0 Å². The van der Waals surface area contributed by atoms with Gasteiger partial charge in [0.25, 0.3) is 5.69 Å². The van der Waals surface area contributed by atoms with Gasteiger partial charge in [0.15, 0.2) is 0 Å². The molecule has 0 saturated carbocycles. The highest BCUT2D eigenvalue weighted by molar-refractivity contribution is 7.92. The first-order valence-corrected chi connectivity index (χ1v) is 12.8. The third kappa shape index (κ3) is 5.02. The number of nitrogens with zero attached hydrogens (tertiary/aromatic N) is 3. The van der Waals surface area contributed by atoms with E-state index in [-0.39, 0.29) is 23.6 Å². The summed E-state index contributed by atoms with van der Waals surface area (Å²) in [5.74, 6) is -0.233. The summed E-state index contributed by atoms with van der Waals surface area (Å²) in [6, 6.07) is 11.6. The zero-order valence-electron chi connectivity index (χ0n) is 16.9. The van der Waals surface area contributed by atoms with Gasteiger partial charge in [0, 0.05) is 24.2 Å². The van der Waals surface area contributed by atoms with E-state index in [0.29, 0.717) is 22.5 Å². The summed E-state index contributed by atoms with van der Waals surface area (Å²) < 4.78 is 52.1. The molecule has 0 spiro atoms. The maximum atomic E-state index is 12.6. The summed E-state index contributed by atoms with van der Waals surface area (Å²) in [7, 11) is -7.14. The Morgan fingerprint density at radius 2 is 1.77 bits per heavy atom. The lowest BCUT2D eigenvalue weighted by Crippen LogP contribution is -2.28. The molecule has 1 aliphatic rings. The first-order valence-electron chi connectivity index (χ1n) is 9.51. The van der Waals surface area contributed by atoms with E-state index < -0.39 is 31.0 Å². The molecule has 10 nitrogen and oxygen atoms in total. The fourth-order valence-corrected chi connectivity index (χ4v) is 4.84. The van der Waals surface area contributed by atoms with Gasteiger partial charge >= 0.3 is 0 Å². The minimum atomic E-state index is -3.72. The number of non-ortho nitro benzene ring substituents is 1. The van der Waals surface area contributed by atoms with Crippen molar-refractivity contribution in [1.29, 1.82) is 0 Å². The molecule has 0 amide bonds. The summed E-state index contributed by atoms with van der Waals surface area (Å²) in [6.45, 7) is 3.03. The molecule has 1 heterocycles. The summed E-state index contributed by atoms with van der Waals surface area (Å²) in [5, 5.41) is 15.4. The monoisotopic (exact) mass is 466 g/mol. The number of nitro groups is 1. The van der Waals surface area contributed by atoms with Gasteiger partial charge in [-0.2, -0.15) is 9.52 Å². The third-order valence-electron chi connectivity index (χ3n) is 4.86. The van der Waals surface area contributed by atoms with Crippen molar-refractivity contribution in [3.63, 3.8) is 0 Å². The van der Waals surface area contributed by atoms with E-state index in [1.54, 1.807) is 30.3 Å². The van der Waals surface area contributed by atoms with E-state index >= 15 is 0 Å². The molecule has 0 aliphatic carbocycles. The fourth-order valence-electron chi connectivity index (χ4n) is 3.13. The number of hydrogen-bond acceptors (Lipinski definition) is 7. The first-order chi connectivity index (χ1) is 14.6. The van der Waals surface area contributed by atoms with Crippen molar-refractivity contribution in [1.82, 2.24) is 4.41 Å². The van der Waals surface area contributed by atoms with Gasteiger partial charge in [0.2, 0.25) is 20.0 Å². The number of nitro benzene ring substituents is 1. The van der Waals surface area contributed by atoms with Crippen LogP contribution >= 0.6 is 0 Å². The van der Waals surface area contributed by atoms with Crippen molar-refractivity contribution in [3.05, 3.63) is 69.8 Å². The summed E-state index contributed by atoms with van der Waals surface area (Å²) in [6.07, 6.45) is 0.223.